The largest absolute Gasteiger partial charge is 0.342 e. The van der Waals surface area contributed by atoms with Gasteiger partial charge in [-0.15, -0.1) is 0 Å². The van der Waals surface area contributed by atoms with E-state index >= 15 is 0 Å². The van der Waals surface area contributed by atoms with Gasteiger partial charge in [0, 0.05) is 25.3 Å². The summed E-state index contributed by atoms with van der Waals surface area (Å²) in [5.41, 5.74) is 8.86. The number of nitrogens with zero attached hydrogens (tertiary/aromatic N) is 2. The predicted molar refractivity (Wildman–Crippen MR) is 90.1 cm³/mol. The number of benzene rings is 1. The summed E-state index contributed by atoms with van der Waals surface area (Å²) in [6.07, 6.45) is 1.55. The van der Waals surface area contributed by atoms with Crippen LogP contribution in [-0.2, 0) is 9.59 Å². The zero-order chi connectivity index (χ0) is 16.6. The van der Waals surface area contributed by atoms with Gasteiger partial charge in [0.25, 0.3) is 0 Å². The minimum absolute atomic E-state index is 0.0159. The third-order valence-corrected chi connectivity index (χ3v) is 4.95. The number of likely N-dealkylation sites (tertiary alicyclic amines) is 1. The molecule has 0 saturated carbocycles. The monoisotopic (exact) mass is 315 g/mol. The zero-order valence-electron chi connectivity index (χ0n) is 13.9. The van der Waals surface area contributed by atoms with Gasteiger partial charge in [-0.2, -0.15) is 0 Å². The summed E-state index contributed by atoms with van der Waals surface area (Å²) < 4.78 is 0. The van der Waals surface area contributed by atoms with Gasteiger partial charge in [0.05, 0.1) is 0 Å². The molecule has 2 amide bonds. The predicted octanol–water partition coefficient (Wildman–Crippen LogP) is 1.46. The molecular weight excluding hydrogens is 290 g/mol. The van der Waals surface area contributed by atoms with E-state index in [1.807, 2.05) is 30.9 Å². The molecule has 1 aromatic carbocycles. The van der Waals surface area contributed by atoms with E-state index in [4.69, 9.17) is 5.73 Å². The highest BCUT2D eigenvalue weighted by Gasteiger charge is 2.41. The van der Waals surface area contributed by atoms with Crippen molar-refractivity contribution in [3.63, 3.8) is 0 Å². The van der Waals surface area contributed by atoms with Gasteiger partial charge in [-0.1, -0.05) is 6.07 Å². The Hall–Kier alpha value is -1.88. The quantitative estimate of drug-likeness (QED) is 0.859. The molecule has 23 heavy (non-hydrogen) atoms. The molecule has 2 fully saturated rings. The van der Waals surface area contributed by atoms with Crippen LogP contribution < -0.4 is 10.6 Å². The second-order valence-corrected chi connectivity index (χ2v) is 6.85. The molecule has 2 saturated heterocycles. The number of carbonyl (C=O) groups excluding carboxylic acids is 2. The first-order valence-electron chi connectivity index (χ1n) is 8.38. The number of anilines is 1. The molecule has 5 heteroatoms. The van der Waals surface area contributed by atoms with Crippen molar-refractivity contribution in [2.75, 3.05) is 31.1 Å². The summed E-state index contributed by atoms with van der Waals surface area (Å²) in [5, 5.41) is 0. The van der Waals surface area contributed by atoms with Gasteiger partial charge < -0.3 is 15.5 Å². The van der Waals surface area contributed by atoms with E-state index in [0.29, 0.717) is 32.0 Å². The SMILES string of the molecule is Cc1cc(C)cc(N2CCC(C(=O)N3CCC(CN)C3)C2=O)c1. The minimum atomic E-state index is -0.521. The van der Waals surface area contributed by atoms with Crippen LogP contribution >= 0.6 is 0 Å². The molecule has 2 atom stereocenters. The second kappa shape index (κ2) is 6.32. The van der Waals surface area contributed by atoms with E-state index in [9.17, 15) is 9.59 Å². The fourth-order valence-electron chi connectivity index (χ4n) is 3.72. The first-order chi connectivity index (χ1) is 11.0. The Morgan fingerprint density at radius 3 is 2.48 bits per heavy atom. The van der Waals surface area contributed by atoms with E-state index in [1.165, 1.54) is 0 Å². The summed E-state index contributed by atoms with van der Waals surface area (Å²) in [6, 6.07) is 6.11. The van der Waals surface area contributed by atoms with Crippen LogP contribution in [-0.4, -0.2) is 42.9 Å². The van der Waals surface area contributed by atoms with E-state index < -0.39 is 5.92 Å². The number of amides is 2. The number of hydrogen-bond acceptors (Lipinski definition) is 3. The maximum atomic E-state index is 12.7. The number of carbonyl (C=O) groups is 2. The summed E-state index contributed by atoms with van der Waals surface area (Å²) in [4.78, 5) is 29.0. The van der Waals surface area contributed by atoms with Crippen molar-refractivity contribution in [1.82, 2.24) is 4.90 Å². The van der Waals surface area contributed by atoms with Crippen molar-refractivity contribution >= 4 is 17.5 Å². The van der Waals surface area contributed by atoms with E-state index in [0.717, 1.165) is 29.8 Å². The molecule has 124 valence electrons. The Kier molecular flexibility index (Phi) is 4.39. The average molecular weight is 315 g/mol. The minimum Gasteiger partial charge on any atom is -0.342 e. The molecule has 2 heterocycles. The molecule has 2 aliphatic rings. The summed E-state index contributed by atoms with van der Waals surface area (Å²) in [5.74, 6) is -0.215. The van der Waals surface area contributed by atoms with Crippen LogP contribution in [0.15, 0.2) is 18.2 Å². The Labute approximate surface area is 137 Å². The standard InChI is InChI=1S/C18H25N3O2/c1-12-7-13(2)9-15(8-12)21-6-4-16(18(21)23)17(22)20-5-3-14(10-19)11-20/h7-9,14,16H,3-6,10-11,19H2,1-2H3. The maximum absolute atomic E-state index is 12.7. The number of rotatable bonds is 3. The summed E-state index contributed by atoms with van der Waals surface area (Å²) in [7, 11) is 0. The molecule has 0 aliphatic carbocycles. The number of nitrogens with two attached hydrogens (primary N) is 1. The molecule has 2 aliphatic heterocycles. The highest BCUT2D eigenvalue weighted by atomic mass is 16.2. The van der Waals surface area contributed by atoms with Gasteiger partial charge in [0.15, 0.2) is 0 Å². The third-order valence-electron chi connectivity index (χ3n) is 4.95. The zero-order valence-corrected chi connectivity index (χ0v) is 13.9. The Bertz CT molecular complexity index is 608. The average Bonchev–Trinajstić information content (AvgIpc) is 3.12. The highest BCUT2D eigenvalue weighted by Crippen LogP contribution is 2.29. The van der Waals surface area contributed by atoms with Gasteiger partial charge in [-0.25, -0.2) is 0 Å². The smallest absolute Gasteiger partial charge is 0.239 e. The van der Waals surface area contributed by atoms with Crippen molar-refractivity contribution in [2.24, 2.45) is 17.6 Å². The van der Waals surface area contributed by atoms with Crippen LogP contribution in [0.2, 0.25) is 0 Å². The Balaban J connectivity index is 1.72. The van der Waals surface area contributed by atoms with Crippen LogP contribution in [0.4, 0.5) is 5.69 Å². The van der Waals surface area contributed by atoms with E-state index in [1.54, 1.807) is 4.90 Å². The number of aryl methyl sites for hydroxylation is 2. The van der Waals surface area contributed by atoms with Gasteiger partial charge in [0.2, 0.25) is 11.8 Å². The van der Waals surface area contributed by atoms with Crippen LogP contribution in [0.5, 0.6) is 0 Å². The van der Waals surface area contributed by atoms with Crippen molar-refractivity contribution < 1.29 is 9.59 Å². The molecule has 0 radical (unpaired) electrons. The fraction of sp³-hybridized carbons (Fsp3) is 0.556. The van der Waals surface area contributed by atoms with Crippen LogP contribution in [0.25, 0.3) is 0 Å². The molecular formula is C18H25N3O2. The lowest BCUT2D eigenvalue weighted by molar-refractivity contribution is -0.139. The highest BCUT2D eigenvalue weighted by molar-refractivity contribution is 6.09. The lowest BCUT2D eigenvalue weighted by Crippen LogP contribution is -2.39. The van der Waals surface area contributed by atoms with Gasteiger partial charge in [0.1, 0.15) is 5.92 Å². The lowest BCUT2D eigenvalue weighted by Gasteiger charge is -2.21. The molecule has 0 aromatic heterocycles. The topological polar surface area (TPSA) is 66.6 Å². The molecule has 1 aromatic rings. The van der Waals surface area contributed by atoms with E-state index in [2.05, 4.69) is 6.07 Å². The van der Waals surface area contributed by atoms with Crippen molar-refractivity contribution in [1.29, 1.82) is 0 Å². The van der Waals surface area contributed by atoms with Gasteiger partial charge in [-0.05, 0) is 62.4 Å². The first-order valence-corrected chi connectivity index (χ1v) is 8.38. The molecule has 0 bridgehead atoms. The fourth-order valence-corrected chi connectivity index (χ4v) is 3.72. The van der Waals surface area contributed by atoms with Crippen molar-refractivity contribution in [2.45, 2.75) is 26.7 Å². The lowest BCUT2D eigenvalue weighted by atomic mass is 10.1. The van der Waals surface area contributed by atoms with Crippen LogP contribution in [0.1, 0.15) is 24.0 Å². The van der Waals surface area contributed by atoms with Gasteiger partial charge in [-0.3, -0.25) is 9.59 Å². The van der Waals surface area contributed by atoms with Gasteiger partial charge >= 0.3 is 0 Å². The third kappa shape index (κ3) is 3.11. The second-order valence-electron chi connectivity index (χ2n) is 6.85. The van der Waals surface area contributed by atoms with Crippen molar-refractivity contribution in [3.05, 3.63) is 29.3 Å². The Morgan fingerprint density at radius 2 is 1.87 bits per heavy atom. The molecule has 2 unspecified atom stereocenters. The normalized spacial score (nSPS) is 24.6. The van der Waals surface area contributed by atoms with Crippen LogP contribution in [0, 0.1) is 25.7 Å². The molecule has 5 nitrogen and oxygen atoms in total. The molecule has 0 spiro atoms. The van der Waals surface area contributed by atoms with Crippen molar-refractivity contribution in [3.8, 4) is 0 Å². The molecule has 2 N–H and O–H groups in total. The maximum Gasteiger partial charge on any atom is 0.239 e. The summed E-state index contributed by atoms with van der Waals surface area (Å²) in [6.45, 7) is 6.70. The molecule has 3 rings (SSSR count). The number of hydrogen-bond donors (Lipinski definition) is 1. The first kappa shape index (κ1) is 16.0. The summed E-state index contributed by atoms with van der Waals surface area (Å²) >= 11 is 0. The van der Waals surface area contributed by atoms with Crippen LogP contribution in [0.3, 0.4) is 0 Å². The Morgan fingerprint density at radius 1 is 1.17 bits per heavy atom. The van der Waals surface area contributed by atoms with E-state index in [-0.39, 0.29) is 11.8 Å².